The summed E-state index contributed by atoms with van der Waals surface area (Å²) in [6.45, 7) is 6.04. The van der Waals surface area contributed by atoms with Gasteiger partial charge in [0.05, 0.1) is 6.61 Å². The number of carbonyl (C=O) groups excluding carboxylic acids is 2. The smallest absolute Gasteiger partial charge is 0.409 e. The Morgan fingerprint density at radius 2 is 1.82 bits per heavy atom. The first-order valence-corrected chi connectivity index (χ1v) is 8.50. The predicted molar refractivity (Wildman–Crippen MR) is 87.4 cm³/mol. The fraction of sp³-hybridized carbons (Fsp3) is 0.765. The molecule has 0 aromatic heterocycles. The molecule has 0 radical (unpaired) electrons. The standard InChI is InChI=1S/C17H30N2O3/c1-3-5-7-15(16(18)20)13-14-8-10-19(11-9-14)17(21)22-12-6-4-2/h13-14H,3-12H2,1-2H3,(H2,18,20). The SMILES string of the molecule is CCCCOC(=O)N1CCC(C=C(CCCC)C(N)=O)CC1. The average Bonchev–Trinajstić information content (AvgIpc) is 2.51. The summed E-state index contributed by atoms with van der Waals surface area (Å²) in [5, 5.41) is 0. The van der Waals surface area contributed by atoms with Gasteiger partial charge in [-0.15, -0.1) is 0 Å². The second kappa shape index (κ2) is 10.2. The van der Waals surface area contributed by atoms with Crippen molar-refractivity contribution in [1.29, 1.82) is 0 Å². The van der Waals surface area contributed by atoms with Crippen LogP contribution >= 0.6 is 0 Å². The lowest BCUT2D eigenvalue weighted by Crippen LogP contribution is -2.38. The van der Waals surface area contributed by atoms with Crippen molar-refractivity contribution in [2.75, 3.05) is 19.7 Å². The minimum atomic E-state index is -0.310. The second-order valence-corrected chi connectivity index (χ2v) is 5.95. The highest BCUT2D eigenvalue weighted by atomic mass is 16.6. The molecule has 0 saturated carbocycles. The fourth-order valence-electron chi connectivity index (χ4n) is 2.58. The Balaban J connectivity index is 2.43. The average molecular weight is 310 g/mol. The van der Waals surface area contributed by atoms with Crippen molar-refractivity contribution in [3.05, 3.63) is 11.6 Å². The molecule has 1 saturated heterocycles. The molecule has 1 fully saturated rings. The number of piperidine rings is 1. The number of rotatable bonds is 8. The lowest BCUT2D eigenvalue weighted by Gasteiger charge is -2.30. The maximum Gasteiger partial charge on any atom is 0.409 e. The van der Waals surface area contributed by atoms with Gasteiger partial charge in [-0.3, -0.25) is 4.79 Å². The summed E-state index contributed by atoms with van der Waals surface area (Å²) in [5.41, 5.74) is 6.19. The van der Waals surface area contributed by atoms with Crippen LogP contribution in [0.5, 0.6) is 0 Å². The zero-order valence-corrected chi connectivity index (χ0v) is 14.0. The summed E-state index contributed by atoms with van der Waals surface area (Å²) in [6, 6.07) is 0. The molecule has 0 aromatic rings. The quantitative estimate of drug-likeness (QED) is 0.552. The summed E-state index contributed by atoms with van der Waals surface area (Å²) < 4.78 is 5.23. The molecule has 22 heavy (non-hydrogen) atoms. The molecule has 1 heterocycles. The van der Waals surface area contributed by atoms with Crippen LogP contribution in [0.25, 0.3) is 0 Å². The highest BCUT2D eigenvalue weighted by molar-refractivity contribution is 5.91. The number of nitrogens with zero attached hydrogens (tertiary/aromatic N) is 1. The van der Waals surface area contributed by atoms with E-state index in [9.17, 15) is 9.59 Å². The van der Waals surface area contributed by atoms with Crippen LogP contribution < -0.4 is 5.73 Å². The largest absolute Gasteiger partial charge is 0.449 e. The molecule has 2 amide bonds. The summed E-state index contributed by atoms with van der Waals surface area (Å²) >= 11 is 0. The van der Waals surface area contributed by atoms with Gasteiger partial charge in [0.1, 0.15) is 0 Å². The maximum atomic E-state index is 11.9. The monoisotopic (exact) mass is 310 g/mol. The van der Waals surface area contributed by atoms with E-state index in [1.165, 1.54) is 0 Å². The number of amides is 2. The summed E-state index contributed by atoms with van der Waals surface area (Å²) in [5.74, 6) is 0.0221. The van der Waals surface area contributed by atoms with Gasteiger partial charge in [-0.2, -0.15) is 0 Å². The third-order valence-corrected chi connectivity index (χ3v) is 4.07. The number of hydrogen-bond acceptors (Lipinski definition) is 3. The highest BCUT2D eigenvalue weighted by Crippen LogP contribution is 2.22. The number of nitrogens with two attached hydrogens (primary N) is 1. The molecular formula is C17H30N2O3. The number of likely N-dealkylation sites (tertiary alicyclic amines) is 1. The zero-order valence-electron chi connectivity index (χ0n) is 14.0. The Bertz CT molecular complexity index is 385. The first-order valence-electron chi connectivity index (χ1n) is 8.50. The molecule has 0 atom stereocenters. The number of allylic oxidation sites excluding steroid dienone is 1. The topological polar surface area (TPSA) is 72.6 Å². The lowest BCUT2D eigenvalue weighted by atomic mass is 9.93. The molecule has 126 valence electrons. The van der Waals surface area contributed by atoms with E-state index < -0.39 is 0 Å². The van der Waals surface area contributed by atoms with Crippen molar-refractivity contribution in [2.45, 2.75) is 58.8 Å². The van der Waals surface area contributed by atoms with Crippen molar-refractivity contribution in [3.8, 4) is 0 Å². The van der Waals surface area contributed by atoms with E-state index in [0.717, 1.165) is 50.5 Å². The van der Waals surface area contributed by atoms with Crippen molar-refractivity contribution >= 4 is 12.0 Å². The molecule has 5 nitrogen and oxygen atoms in total. The fourth-order valence-corrected chi connectivity index (χ4v) is 2.58. The van der Waals surface area contributed by atoms with Gasteiger partial charge in [-0.1, -0.05) is 32.8 Å². The van der Waals surface area contributed by atoms with Crippen LogP contribution in [0, 0.1) is 5.92 Å². The molecule has 1 aliphatic rings. The van der Waals surface area contributed by atoms with E-state index in [4.69, 9.17) is 10.5 Å². The van der Waals surface area contributed by atoms with E-state index in [0.29, 0.717) is 25.6 Å². The molecule has 0 bridgehead atoms. The molecular weight excluding hydrogens is 280 g/mol. The number of primary amides is 1. The summed E-state index contributed by atoms with van der Waals surface area (Å²) in [6.07, 6.45) is 8.26. The Morgan fingerprint density at radius 3 is 2.36 bits per heavy atom. The van der Waals surface area contributed by atoms with Crippen LogP contribution in [0.2, 0.25) is 0 Å². The van der Waals surface area contributed by atoms with E-state index in [2.05, 4.69) is 13.8 Å². The van der Waals surface area contributed by atoms with Crippen LogP contribution in [0.4, 0.5) is 4.79 Å². The first kappa shape index (κ1) is 18.5. The third kappa shape index (κ3) is 6.50. The molecule has 2 N–H and O–H groups in total. The number of unbranched alkanes of at least 4 members (excludes halogenated alkanes) is 2. The van der Waals surface area contributed by atoms with Gasteiger partial charge in [0.25, 0.3) is 0 Å². The molecule has 1 aliphatic heterocycles. The van der Waals surface area contributed by atoms with Crippen LogP contribution in [0.15, 0.2) is 11.6 Å². The van der Waals surface area contributed by atoms with E-state index in [1.807, 2.05) is 6.08 Å². The van der Waals surface area contributed by atoms with Gasteiger partial charge < -0.3 is 15.4 Å². The number of hydrogen-bond donors (Lipinski definition) is 1. The lowest BCUT2D eigenvalue weighted by molar-refractivity contribution is -0.114. The minimum absolute atomic E-state index is 0.211. The first-order chi connectivity index (χ1) is 10.6. The Hall–Kier alpha value is -1.52. The van der Waals surface area contributed by atoms with Gasteiger partial charge in [0.15, 0.2) is 0 Å². The highest BCUT2D eigenvalue weighted by Gasteiger charge is 2.23. The Kier molecular flexibility index (Phi) is 8.63. The van der Waals surface area contributed by atoms with Gasteiger partial charge in [0.2, 0.25) is 5.91 Å². The van der Waals surface area contributed by atoms with Gasteiger partial charge >= 0.3 is 6.09 Å². The van der Waals surface area contributed by atoms with Crippen molar-refractivity contribution in [1.82, 2.24) is 4.90 Å². The minimum Gasteiger partial charge on any atom is -0.449 e. The van der Waals surface area contributed by atoms with E-state index in [1.54, 1.807) is 4.90 Å². The molecule has 0 aromatic carbocycles. The molecule has 0 aliphatic carbocycles. The van der Waals surface area contributed by atoms with Crippen molar-refractivity contribution in [3.63, 3.8) is 0 Å². The summed E-state index contributed by atoms with van der Waals surface area (Å²) in [4.78, 5) is 25.1. The summed E-state index contributed by atoms with van der Waals surface area (Å²) in [7, 11) is 0. The Morgan fingerprint density at radius 1 is 1.18 bits per heavy atom. The van der Waals surface area contributed by atoms with Gasteiger partial charge in [-0.25, -0.2) is 4.79 Å². The predicted octanol–water partition coefficient (Wildman–Crippen LogP) is 3.24. The number of ether oxygens (including phenoxy) is 1. The molecule has 1 rings (SSSR count). The molecule has 0 unspecified atom stereocenters. The van der Waals surface area contributed by atoms with Crippen molar-refractivity contribution in [2.24, 2.45) is 11.7 Å². The maximum absolute atomic E-state index is 11.9. The van der Waals surface area contributed by atoms with Crippen LogP contribution in [-0.4, -0.2) is 36.6 Å². The normalized spacial score (nSPS) is 16.6. The van der Waals surface area contributed by atoms with Crippen LogP contribution in [0.3, 0.4) is 0 Å². The molecule has 0 spiro atoms. The van der Waals surface area contributed by atoms with Gasteiger partial charge in [-0.05, 0) is 38.0 Å². The van der Waals surface area contributed by atoms with E-state index >= 15 is 0 Å². The Labute approximate surface area is 133 Å². The number of carbonyl (C=O) groups is 2. The zero-order chi connectivity index (χ0) is 16.4. The van der Waals surface area contributed by atoms with E-state index in [-0.39, 0.29) is 12.0 Å². The third-order valence-electron chi connectivity index (χ3n) is 4.07. The van der Waals surface area contributed by atoms with Crippen LogP contribution in [0.1, 0.15) is 58.8 Å². The van der Waals surface area contributed by atoms with Crippen LogP contribution in [-0.2, 0) is 9.53 Å². The van der Waals surface area contributed by atoms with Gasteiger partial charge in [0, 0.05) is 18.7 Å². The van der Waals surface area contributed by atoms with Crippen molar-refractivity contribution < 1.29 is 14.3 Å². The molecule has 5 heteroatoms. The second-order valence-electron chi connectivity index (χ2n) is 5.95.